The second kappa shape index (κ2) is 6.96. The van der Waals surface area contributed by atoms with E-state index in [-0.39, 0.29) is 5.69 Å². The topological polar surface area (TPSA) is 129 Å². The quantitative estimate of drug-likeness (QED) is 0.370. The van der Waals surface area contributed by atoms with Gasteiger partial charge >= 0.3 is 0 Å². The predicted octanol–water partition coefficient (Wildman–Crippen LogP) is 3.08. The highest BCUT2D eigenvalue weighted by atomic mass is 19.1. The Morgan fingerprint density at radius 3 is 2.75 bits per heavy atom. The molecule has 9 nitrogen and oxygen atoms in total. The summed E-state index contributed by atoms with van der Waals surface area (Å²) in [7, 11) is 0. The maximum atomic E-state index is 14.1. The molecule has 0 unspecified atom stereocenters. The monoisotopic (exact) mass is 377 g/mol. The van der Waals surface area contributed by atoms with Crippen molar-refractivity contribution in [3.63, 3.8) is 0 Å². The molecule has 28 heavy (non-hydrogen) atoms. The second-order valence-electron chi connectivity index (χ2n) is 6.31. The summed E-state index contributed by atoms with van der Waals surface area (Å²) in [5.74, 6) is -0.114. The van der Waals surface area contributed by atoms with Gasteiger partial charge in [-0.15, -0.1) is 5.10 Å². The number of aromatic nitrogens is 3. The third-order valence-electron chi connectivity index (χ3n) is 4.29. The average Bonchev–Trinajstić information content (AvgIpc) is 3.41. The first-order valence-electron chi connectivity index (χ1n) is 8.54. The molecule has 0 amide bonds. The zero-order chi connectivity index (χ0) is 19.7. The number of fused-ring (bicyclic) bond motifs is 1. The number of benzene rings is 1. The van der Waals surface area contributed by atoms with Gasteiger partial charge in [0.25, 0.3) is 0 Å². The van der Waals surface area contributed by atoms with Gasteiger partial charge < -0.3 is 10.6 Å². The van der Waals surface area contributed by atoms with Crippen molar-refractivity contribution in [2.24, 2.45) is 0 Å². The van der Waals surface area contributed by atoms with Gasteiger partial charge in [0.2, 0.25) is 0 Å². The number of nitrogens with zero attached hydrogens (tertiary/aromatic N) is 5. The van der Waals surface area contributed by atoms with E-state index in [0.29, 0.717) is 28.9 Å². The van der Waals surface area contributed by atoms with E-state index in [1.54, 1.807) is 6.07 Å². The Kier molecular flexibility index (Phi) is 4.33. The first-order chi connectivity index (χ1) is 13.6. The van der Waals surface area contributed by atoms with Crippen LogP contribution in [0, 0.1) is 28.0 Å². The number of hydrogen-bond donors (Lipinski definition) is 4. The van der Waals surface area contributed by atoms with Crippen LogP contribution in [0.4, 0.5) is 27.3 Å². The first-order valence-corrected chi connectivity index (χ1v) is 8.54. The molecule has 1 aromatic carbocycles. The molecule has 4 N–H and O–H groups in total. The molecule has 140 valence electrons. The van der Waals surface area contributed by atoms with Gasteiger partial charge in [0.05, 0.1) is 30.2 Å². The Labute approximate surface area is 159 Å². The average molecular weight is 377 g/mol. The van der Waals surface area contributed by atoms with Crippen molar-refractivity contribution in [1.82, 2.24) is 14.6 Å². The van der Waals surface area contributed by atoms with Crippen LogP contribution in [0.5, 0.6) is 0 Å². The van der Waals surface area contributed by atoms with Crippen molar-refractivity contribution in [3.8, 4) is 6.07 Å². The highest BCUT2D eigenvalue weighted by Gasteiger charge is 2.23. The van der Waals surface area contributed by atoms with Gasteiger partial charge in [0.15, 0.2) is 17.2 Å². The standard InChI is InChI=1S/C18H16FN9/c19-14-4-3-12(5-16(14)27(9-21)10-22)25-17-6-15(24-11-1-2-11)18-23-8-13(7-20)28(18)26-17/h3-6,8-11,21-22,24H,1-2H2,(H,25,26). The summed E-state index contributed by atoms with van der Waals surface area (Å²) in [4.78, 5) is 5.31. The van der Waals surface area contributed by atoms with Crippen LogP contribution in [0.2, 0.25) is 0 Å². The van der Waals surface area contributed by atoms with E-state index in [0.717, 1.165) is 36.1 Å². The Hall–Kier alpha value is -4.00. The normalized spacial score (nSPS) is 13.0. The largest absolute Gasteiger partial charge is 0.379 e. The van der Waals surface area contributed by atoms with Gasteiger partial charge in [-0.05, 0) is 31.0 Å². The fourth-order valence-electron chi connectivity index (χ4n) is 2.77. The van der Waals surface area contributed by atoms with Gasteiger partial charge in [-0.25, -0.2) is 9.37 Å². The summed E-state index contributed by atoms with van der Waals surface area (Å²) in [6.07, 6.45) is 5.32. The van der Waals surface area contributed by atoms with E-state index in [2.05, 4.69) is 26.8 Å². The Bertz CT molecular complexity index is 1100. The zero-order valence-corrected chi connectivity index (χ0v) is 14.6. The molecule has 0 atom stereocenters. The lowest BCUT2D eigenvalue weighted by atomic mass is 10.2. The molecule has 2 aromatic heterocycles. The van der Waals surface area contributed by atoms with Gasteiger partial charge in [-0.1, -0.05) is 0 Å². The number of anilines is 4. The number of halogens is 1. The van der Waals surface area contributed by atoms with Gasteiger partial charge in [0.1, 0.15) is 11.9 Å². The number of nitriles is 1. The SMILES string of the molecule is N#Cc1cnc2c(NC3CC3)cc(Nc3ccc(F)c(N(C=N)C=N)c3)nn12. The molecule has 0 aliphatic heterocycles. The summed E-state index contributed by atoms with van der Waals surface area (Å²) in [6, 6.07) is 8.49. The molecule has 2 heterocycles. The van der Waals surface area contributed by atoms with Crippen molar-refractivity contribution in [1.29, 1.82) is 16.1 Å². The Morgan fingerprint density at radius 1 is 1.29 bits per heavy atom. The Balaban J connectivity index is 1.73. The van der Waals surface area contributed by atoms with Crippen molar-refractivity contribution >= 4 is 41.2 Å². The van der Waals surface area contributed by atoms with Crippen LogP contribution < -0.4 is 15.5 Å². The lowest BCUT2D eigenvalue weighted by Gasteiger charge is -2.16. The molecule has 1 saturated carbocycles. The van der Waals surface area contributed by atoms with Crippen LogP contribution in [0.15, 0.2) is 30.5 Å². The molecule has 1 aliphatic carbocycles. The molecule has 3 aromatic rings. The van der Waals surface area contributed by atoms with Gasteiger partial charge in [-0.3, -0.25) is 15.7 Å². The minimum atomic E-state index is -0.557. The molecule has 0 spiro atoms. The van der Waals surface area contributed by atoms with Crippen molar-refractivity contribution in [2.75, 3.05) is 15.5 Å². The molecule has 0 saturated heterocycles. The zero-order valence-electron chi connectivity index (χ0n) is 14.6. The van der Waals surface area contributed by atoms with Gasteiger partial charge in [0, 0.05) is 17.8 Å². The predicted molar refractivity (Wildman–Crippen MR) is 104 cm³/mol. The van der Waals surface area contributed by atoms with E-state index < -0.39 is 5.82 Å². The van der Waals surface area contributed by atoms with Crippen LogP contribution in [-0.2, 0) is 0 Å². The molecule has 10 heteroatoms. The Morgan fingerprint density at radius 2 is 2.07 bits per heavy atom. The minimum absolute atomic E-state index is 0.0627. The highest BCUT2D eigenvalue weighted by molar-refractivity contribution is 5.98. The summed E-state index contributed by atoms with van der Waals surface area (Å²) >= 11 is 0. The first kappa shape index (κ1) is 17.4. The lowest BCUT2D eigenvalue weighted by molar-refractivity contribution is 0.630. The smallest absolute Gasteiger partial charge is 0.178 e. The minimum Gasteiger partial charge on any atom is -0.379 e. The highest BCUT2D eigenvalue weighted by Crippen LogP contribution is 2.30. The fraction of sp³-hybridized carbons (Fsp3) is 0.167. The molecule has 1 fully saturated rings. The fourth-order valence-corrected chi connectivity index (χ4v) is 2.77. The maximum absolute atomic E-state index is 14.1. The molecule has 0 bridgehead atoms. The van der Waals surface area contributed by atoms with Crippen molar-refractivity contribution in [2.45, 2.75) is 18.9 Å². The van der Waals surface area contributed by atoms with E-state index in [1.807, 2.05) is 0 Å². The summed E-state index contributed by atoms with van der Waals surface area (Å²) < 4.78 is 15.5. The number of rotatable bonds is 7. The van der Waals surface area contributed by atoms with Crippen molar-refractivity contribution < 1.29 is 4.39 Å². The van der Waals surface area contributed by atoms with E-state index in [9.17, 15) is 9.65 Å². The second-order valence-corrected chi connectivity index (χ2v) is 6.31. The third kappa shape index (κ3) is 3.21. The number of imidazole rings is 1. The molecular weight excluding hydrogens is 361 g/mol. The molecular formula is C18H16FN9. The van der Waals surface area contributed by atoms with Crippen LogP contribution in [-0.4, -0.2) is 33.3 Å². The van der Waals surface area contributed by atoms with Crippen molar-refractivity contribution in [3.05, 3.63) is 42.0 Å². The molecule has 0 radical (unpaired) electrons. The summed E-state index contributed by atoms with van der Waals surface area (Å²) in [5, 5.41) is 34.8. The van der Waals surface area contributed by atoms with E-state index in [4.69, 9.17) is 10.8 Å². The van der Waals surface area contributed by atoms with E-state index >= 15 is 0 Å². The maximum Gasteiger partial charge on any atom is 0.178 e. The van der Waals surface area contributed by atoms with Gasteiger partial charge in [-0.2, -0.15) is 9.78 Å². The number of nitrogens with one attached hydrogen (secondary N) is 4. The molecule has 4 rings (SSSR count). The van der Waals surface area contributed by atoms with Crippen LogP contribution in [0.25, 0.3) is 5.65 Å². The van der Waals surface area contributed by atoms with Crippen LogP contribution in [0.1, 0.15) is 18.5 Å². The third-order valence-corrected chi connectivity index (χ3v) is 4.29. The molecule has 1 aliphatic rings. The lowest BCUT2D eigenvalue weighted by Crippen LogP contribution is -2.18. The summed E-state index contributed by atoms with van der Waals surface area (Å²) in [6.45, 7) is 0. The van der Waals surface area contributed by atoms with E-state index in [1.165, 1.54) is 28.9 Å². The van der Waals surface area contributed by atoms with Crippen LogP contribution >= 0.6 is 0 Å². The van der Waals surface area contributed by atoms with Crippen LogP contribution in [0.3, 0.4) is 0 Å². The summed E-state index contributed by atoms with van der Waals surface area (Å²) in [5.41, 5.74) is 2.20. The number of hydrogen-bond acceptors (Lipinski definition) is 7.